The van der Waals surface area contributed by atoms with Crippen molar-refractivity contribution in [3.05, 3.63) is 88.7 Å². The molecule has 0 bridgehead atoms. The number of amides is 1. The third-order valence-corrected chi connectivity index (χ3v) is 5.63. The summed E-state index contributed by atoms with van der Waals surface area (Å²) in [5.41, 5.74) is 0.688. The number of nitrogens with zero attached hydrogens (tertiary/aromatic N) is 2. The van der Waals surface area contributed by atoms with Crippen LogP contribution in [0.4, 0.5) is 20.9 Å². The van der Waals surface area contributed by atoms with Gasteiger partial charge in [0.1, 0.15) is 5.82 Å². The number of Topliss-reactive ketones (excluding diaryl/α,β-unsaturated/α-hetero) is 1. The molecule has 1 aliphatic heterocycles. The first-order valence-electron chi connectivity index (χ1n) is 10.6. The van der Waals surface area contributed by atoms with E-state index in [1.54, 1.807) is 42.6 Å². The molecular formula is C25H20FN3O5S. The van der Waals surface area contributed by atoms with Gasteiger partial charge in [0.15, 0.2) is 16.5 Å². The zero-order valence-electron chi connectivity index (χ0n) is 18.8. The Morgan fingerprint density at radius 2 is 1.89 bits per heavy atom. The number of carbonyl (C=O) groups is 3. The fourth-order valence-electron chi connectivity index (χ4n) is 3.28. The van der Waals surface area contributed by atoms with E-state index in [2.05, 4.69) is 10.3 Å². The number of aromatic nitrogens is 1. The van der Waals surface area contributed by atoms with E-state index in [0.717, 1.165) is 16.2 Å². The van der Waals surface area contributed by atoms with Crippen molar-refractivity contribution in [2.24, 2.45) is 0 Å². The van der Waals surface area contributed by atoms with Crippen molar-refractivity contribution in [1.82, 2.24) is 4.98 Å². The molecule has 0 saturated carbocycles. The van der Waals surface area contributed by atoms with Gasteiger partial charge in [-0.15, -0.1) is 11.3 Å². The summed E-state index contributed by atoms with van der Waals surface area (Å²) in [7, 11) is 0. The minimum Gasteiger partial charge on any atom is -0.462 e. The zero-order valence-corrected chi connectivity index (χ0v) is 19.6. The summed E-state index contributed by atoms with van der Waals surface area (Å²) < 4.78 is 25.0. The number of rotatable bonds is 7. The second kappa shape index (κ2) is 10.3. The largest absolute Gasteiger partial charge is 0.462 e. The van der Waals surface area contributed by atoms with Crippen molar-refractivity contribution in [1.29, 1.82) is 0 Å². The minimum atomic E-state index is -0.819. The molecule has 1 aliphatic rings. The molecule has 2 aromatic carbocycles. The lowest BCUT2D eigenvalue weighted by molar-refractivity contribution is -0.139. The number of ketones is 1. The molecule has 0 aliphatic carbocycles. The first-order valence-corrected chi connectivity index (χ1v) is 11.5. The van der Waals surface area contributed by atoms with Crippen LogP contribution in [-0.4, -0.2) is 29.3 Å². The van der Waals surface area contributed by atoms with Gasteiger partial charge >= 0.3 is 5.97 Å². The van der Waals surface area contributed by atoms with Gasteiger partial charge in [-0.2, -0.15) is 0 Å². The van der Waals surface area contributed by atoms with Gasteiger partial charge in [0.05, 0.1) is 18.0 Å². The Labute approximate surface area is 204 Å². The van der Waals surface area contributed by atoms with Gasteiger partial charge in [0, 0.05) is 24.1 Å². The summed E-state index contributed by atoms with van der Waals surface area (Å²) in [6.45, 7) is 3.01. The zero-order chi connectivity index (χ0) is 24.9. The number of hydrogen-bond acceptors (Lipinski definition) is 8. The van der Waals surface area contributed by atoms with E-state index in [4.69, 9.17) is 9.47 Å². The van der Waals surface area contributed by atoms with Crippen LogP contribution in [0.3, 0.4) is 0 Å². The molecule has 35 heavy (non-hydrogen) atoms. The van der Waals surface area contributed by atoms with Crippen LogP contribution >= 0.6 is 11.3 Å². The summed E-state index contributed by atoms with van der Waals surface area (Å²) in [5.74, 6) is -2.71. The predicted molar refractivity (Wildman–Crippen MR) is 129 cm³/mol. The highest BCUT2D eigenvalue weighted by molar-refractivity contribution is 7.14. The summed E-state index contributed by atoms with van der Waals surface area (Å²) in [6, 6.07) is 14.7. The van der Waals surface area contributed by atoms with E-state index in [0.29, 0.717) is 11.4 Å². The number of esters is 1. The molecule has 0 unspecified atom stereocenters. The number of anilines is 3. The number of hydrogen-bond donors (Lipinski definition) is 1. The maximum Gasteiger partial charge on any atom is 0.347 e. The molecule has 3 aromatic rings. The molecule has 1 N–H and O–H groups in total. The van der Waals surface area contributed by atoms with Crippen LogP contribution in [0.5, 0.6) is 0 Å². The predicted octanol–water partition coefficient (Wildman–Crippen LogP) is 4.79. The van der Waals surface area contributed by atoms with Crippen molar-refractivity contribution in [2.45, 2.75) is 13.8 Å². The van der Waals surface area contributed by atoms with Gasteiger partial charge in [0.25, 0.3) is 0 Å². The van der Waals surface area contributed by atoms with Crippen molar-refractivity contribution in [3.8, 4) is 0 Å². The number of allylic oxidation sites excluding steroid dienone is 1. The monoisotopic (exact) mass is 493 g/mol. The molecule has 1 aromatic heterocycles. The summed E-state index contributed by atoms with van der Waals surface area (Å²) >= 11 is 1.09. The molecule has 0 atom stereocenters. The van der Waals surface area contributed by atoms with E-state index in [1.807, 2.05) is 6.07 Å². The molecule has 10 heteroatoms. The average Bonchev–Trinajstić information content (AvgIpc) is 3.40. The number of carbonyl (C=O) groups excluding carboxylic acids is 3. The van der Waals surface area contributed by atoms with Gasteiger partial charge in [-0.3, -0.25) is 14.5 Å². The van der Waals surface area contributed by atoms with Gasteiger partial charge < -0.3 is 14.8 Å². The van der Waals surface area contributed by atoms with Gasteiger partial charge in [-0.1, -0.05) is 30.3 Å². The van der Waals surface area contributed by atoms with Crippen LogP contribution in [0.2, 0.25) is 0 Å². The quantitative estimate of drug-likeness (QED) is 0.287. The Balaban J connectivity index is 1.64. The lowest BCUT2D eigenvalue weighted by Gasteiger charge is -2.18. The van der Waals surface area contributed by atoms with Crippen LogP contribution < -0.4 is 10.2 Å². The molecule has 4 rings (SSSR count). The SMILES string of the molecule is CCOC(=O)C1=C(Nc2ccccc2)OC(=Cc2csc(N(C(C)=O)c3ccccc3F)n2)C1=O. The van der Waals surface area contributed by atoms with Crippen molar-refractivity contribution >= 4 is 51.6 Å². The van der Waals surface area contributed by atoms with Crippen molar-refractivity contribution in [2.75, 3.05) is 16.8 Å². The lowest BCUT2D eigenvalue weighted by atomic mass is 10.1. The standard InChI is InChI=1S/C25H20FN3O5S/c1-3-33-24(32)21-22(31)20(34-23(21)27-16-9-5-4-6-10-16)13-17-14-35-25(28-17)29(15(2)30)19-12-8-7-11-18(19)26/h4-14,27H,3H2,1-2H3. The Kier molecular flexibility index (Phi) is 7.02. The van der Waals surface area contributed by atoms with Gasteiger partial charge in [-0.25, -0.2) is 14.2 Å². The van der Waals surface area contributed by atoms with Gasteiger partial charge in [-0.05, 0) is 31.2 Å². The second-order valence-corrected chi connectivity index (χ2v) is 8.05. The molecule has 8 nitrogen and oxygen atoms in total. The van der Waals surface area contributed by atoms with Crippen LogP contribution in [-0.2, 0) is 23.9 Å². The molecular weight excluding hydrogens is 473 g/mol. The summed E-state index contributed by atoms with van der Waals surface area (Å²) in [5, 5.41) is 4.72. The van der Waals surface area contributed by atoms with Gasteiger partial charge in [0.2, 0.25) is 17.6 Å². The third-order valence-electron chi connectivity index (χ3n) is 4.79. The Hall–Kier alpha value is -4.31. The van der Waals surface area contributed by atoms with E-state index < -0.39 is 23.5 Å². The number of para-hydroxylation sites is 2. The maximum absolute atomic E-state index is 14.3. The summed E-state index contributed by atoms with van der Waals surface area (Å²) in [4.78, 5) is 43.2. The molecule has 0 spiro atoms. The number of nitrogens with one attached hydrogen (secondary N) is 1. The normalized spacial score (nSPS) is 14.1. The highest BCUT2D eigenvalue weighted by Crippen LogP contribution is 2.33. The number of ether oxygens (including phenoxy) is 2. The Morgan fingerprint density at radius 1 is 1.17 bits per heavy atom. The number of halogens is 1. The highest BCUT2D eigenvalue weighted by atomic mass is 32.1. The highest BCUT2D eigenvalue weighted by Gasteiger charge is 2.37. The fourth-order valence-corrected chi connectivity index (χ4v) is 4.12. The molecule has 0 saturated heterocycles. The molecule has 0 radical (unpaired) electrons. The molecule has 1 amide bonds. The number of benzene rings is 2. The fraction of sp³-hybridized carbons (Fsp3) is 0.120. The first-order chi connectivity index (χ1) is 16.9. The van der Waals surface area contributed by atoms with Crippen LogP contribution in [0.1, 0.15) is 19.5 Å². The second-order valence-electron chi connectivity index (χ2n) is 7.22. The number of thiazole rings is 1. The van der Waals surface area contributed by atoms with Crippen LogP contribution in [0, 0.1) is 5.82 Å². The topological polar surface area (TPSA) is 97.8 Å². The van der Waals surface area contributed by atoms with E-state index in [9.17, 15) is 18.8 Å². The van der Waals surface area contributed by atoms with Crippen LogP contribution in [0.15, 0.2) is 77.2 Å². The average molecular weight is 494 g/mol. The van der Waals surface area contributed by atoms with Crippen molar-refractivity contribution in [3.63, 3.8) is 0 Å². The molecule has 2 heterocycles. The minimum absolute atomic E-state index is 0.0573. The molecule has 0 fully saturated rings. The van der Waals surface area contributed by atoms with E-state index in [1.165, 1.54) is 31.2 Å². The van der Waals surface area contributed by atoms with Crippen LogP contribution in [0.25, 0.3) is 6.08 Å². The Bertz CT molecular complexity index is 1350. The third kappa shape index (κ3) is 5.12. The Morgan fingerprint density at radius 3 is 2.57 bits per heavy atom. The summed E-state index contributed by atoms with van der Waals surface area (Å²) in [6.07, 6.45) is 1.35. The van der Waals surface area contributed by atoms with E-state index in [-0.39, 0.29) is 34.6 Å². The van der Waals surface area contributed by atoms with Crippen molar-refractivity contribution < 1.29 is 28.2 Å². The maximum atomic E-state index is 14.3. The first kappa shape index (κ1) is 23.8. The smallest absolute Gasteiger partial charge is 0.347 e. The lowest BCUT2D eigenvalue weighted by Crippen LogP contribution is -2.23. The van der Waals surface area contributed by atoms with E-state index >= 15 is 0 Å². The molecule has 178 valence electrons.